The zero-order chi connectivity index (χ0) is 27.0. The largest absolute Gasteiger partial charge is 0.507 e. The fraction of sp³-hybridized carbons (Fsp3) is 0.0455. The molecule has 0 aromatic heterocycles. The third-order valence-electron chi connectivity index (χ3n) is 3.89. The molecule has 0 fully saturated rings. The molecule has 0 aliphatic heterocycles. The molecular weight excluding hydrogens is 658 g/mol. The lowest BCUT2D eigenvalue weighted by Gasteiger charge is -2.06. The van der Waals surface area contributed by atoms with Crippen molar-refractivity contribution in [1.82, 2.24) is 0 Å². The minimum Gasteiger partial charge on any atom is -0.507 e. The van der Waals surface area contributed by atoms with Crippen molar-refractivity contribution in [2.24, 2.45) is 0 Å². The molecule has 0 bridgehead atoms. The number of hydrogen-bond donors (Lipinski definition) is 5. The van der Waals surface area contributed by atoms with Crippen molar-refractivity contribution < 1.29 is 39.9 Å². The van der Waals surface area contributed by atoms with Gasteiger partial charge in [0.1, 0.15) is 28.4 Å². The molecule has 0 atom stereocenters. The Labute approximate surface area is 230 Å². The van der Waals surface area contributed by atoms with Crippen LogP contribution in [0.15, 0.2) is 51.4 Å². The maximum Gasteiger partial charge on any atom is 0.339 e. The Morgan fingerprint density at radius 1 is 0.771 bits per heavy atom. The molecule has 0 heterocycles. The molecule has 0 aliphatic rings. The van der Waals surface area contributed by atoms with Crippen LogP contribution >= 0.6 is 66.7 Å². The molecule has 8 nitrogen and oxygen atoms in total. The van der Waals surface area contributed by atoms with Gasteiger partial charge < -0.3 is 25.5 Å². The van der Waals surface area contributed by atoms with Crippen LogP contribution in [-0.4, -0.2) is 43.3 Å². The number of phenolic OH excluding ortho intramolecular Hbond substituents is 1. The normalized spacial score (nSPS) is 9.77. The topological polar surface area (TPSA) is 152 Å². The molecule has 0 unspecified atom stereocenters. The highest BCUT2D eigenvalue weighted by molar-refractivity contribution is 9.10. The van der Waals surface area contributed by atoms with Crippen LogP contribution in [-0.2, 0) is 0 Å². The second-order valence-electron chi connectivity index (χ2n) is 6.35. The monoisotopic (exact) mass is 670 g/mol. The molecule has 35 heavy (non-hydrogen) atoms. The van der Waals surface area contributed by atoms with Crippen molar-refractivity contribution in [3.05, 3.63) is 83.2 Å². The van der Waals surface area contributed by atoms with Gasteiger partial charge in [-0.3, -0.25) is 4.79 Å². The molecule has 3 aromatic carbocycles. The van der Waals surface area contributed by atoms with E-state index in [0.29, 0.717) is 8.95 Å². The van der Waals surface area contributed by atoms with Crippen molar-refractivity contribution in [1.29, 1.82) is 0 Å². The molecular formula is C22H15Br2Cl3O8. The molecule has 0 amide bonds. The molecule has 0 saturated carbocycles. The quantitative estimate of drug-likeness (QED) is 0.144. The Morgan fingerprint density at radius 3 is 1.74 bits per heavy atom. The van der Waals surface area contributed by atoms with Crippen LogP contribution in [0, 0.1) is 0 Å². The third-order valence-corrected chi connectivity index (χ3v) is 6.17. The van der Waals surface area contributed by atoms with Gasteiger partial charge in [0.05, 0.1) is 20.6 Å². The predicted octanol–water partition coefficient (Wildman–Crippen LogP) is 7.26. The van der Waals surface area contributed by atoms with Crippen molar-refractivity contribution in [2.45, 2.75) is 6.92 Å². The Morgan fingerprint density at radius 2 is 1.29 bits per heavy atom. The zero-order valence-corrected chi connectivity index (χ0v) is 22.8. The number of phenols is 3. The number of hydrogen-bond acceptors (Lipinski definition) is 6. The van der Waals surface area contributed by atoms with E-state index >= 15 is 0 Å². The van der Waals surface area contributed by atoms with Gasteiger partial charge in [-0.15, -0.1) is 0 Å². The maximum atomic E-state index is 11.1. The highest BCUT2D eigenvalue weighted by atomic mass is 79.9. The first-order valence-corrected chi connectivity index (χ1v) is 11.7. The van der Waals surface area contributed by atoms with E-state index in [1.165, 1.54) is 37.3 Å². The smallest absolute Gasteiger partial charge is 0.339 e. The fourth-order valence-electron chi connectivity index (χ4n) is 2.29. The first kappa shape index (κ1) is 30.5. The summed E-state index contributed by atoms with van der Waals surface area (Å²) in [5.41, 5.74) is -0.238. The number of aromatic carboxylic acids is 2. The summed E-state index contributed by atoms with van der Waals surface area (Å²) in [6, 6.07) is 9.95. The third kappa shape index (κ3) is 8.59. The summed E-state index contributed by atoms with van der Waals surface area (Å²) >= 11 is 23.1. The van der Waals surface area contributed by atoms with Crippen molar-refractivity contribution in [3.63, 3.8) is 0 Å². The number of aromatic hydroxyl groups is 3. The van der Waals surface area contributed by atoms with Gasteiger partial charge >= 0.3 is 11.9 Å². The van der Waals surface area contributed by atoms with Gasteiger partial charge in [-0.2, -0.15) is 0 Å². The molecule has 186 valence electrons. The van der Waals surface area contributed by atoms with Crippen molar-refractivity contribution >= 4 is 84.4 Å². The fourth-order valence-corrected chi connectivity index (χ4v) is 4.14. The lowest BCUT2D eigenvalue weighted by Crippen LogP contribution is -1.96. The summed E-state index contributed by atoms with van der Waals surface area (Å²) in [7, 11) is 0. The van der Waals surface area contributed by atoms with E-state index in [1.807, 2.05) is 0 Å². The van der Waals surface area contributed by atoms with Gasteiger partial charge in [0.2, 0.25) is 0 Å². The number of benzene rings is 3. The Hall–Kier alpha value is -2.50. The van der Waals surface area contributed by atoms with Gasteiger partial charge in [0, 0.05) is 8.95 Å². The summed E-state index contributed by atoms with van der Waals surface area (Å²) in [5.74, 6) is -3.54. The molecule has 0 spiro atoms. The van der Waals surface area contributed by atoms with Gasteiger partial charge in [-0.25, -0.2) is 9.59 Å². The number of para-hydroxylation sites is 1. The number of Topliss-reactive ketones (excluding diaryl/α,β-unsaturated/α-hetero) is 1. The van der Waals surface area contributed by atoms with E-state index in [1.54, 1.807) is 12.1 Å². The van der Waals surface area contributed by atoms with Crippen LogP contribution in [0.2, 0.25) is 15.1 Å². The van der Waals surface area contributed by atoms with Crippen LogP contribution in [0.25, 0.3) is 0 Å². The first-order valence-electron chi connectivity index (χ1n) is 8.98. The van der Waals surface area contributed by atoms with E-state index in [2.05, 4.69) is 31.9 Å². The van der Waals surface area contributed by atoms with E-state index in [0.717, 1.165) is 0 Å². The van der Waals surface area contributed by atoms with Gasteiger partial charge in [-0.05, 0) is 53.2 Å². The van der Waals surface area contributed by atoms with Crippen LogP contribution < -0.4 is 0 Å². The molecule has 13 heteroatoms. The van der Waals surface area contributed by atoms with E-state index < -0.39 is 17.7 Å². The zero-order valence-electron chi connectivity index (χ0n) is 17.4. The first-order chi connectivity index (χ1) is 16.2. The van der Waals surface area contributed by atoms with Crippen molar-refractivity contribution in [3.8, 4) is 17.2 Å². The van der Waals surface area contributed by atoms with Gasteiger partial charge in [-0.1, -0.05) is 62.9 Å². The van der Waals surface area contributed by atoms with Crippen LogP contribution in [0.1, 0.15) is 38.0 Å². The highest BCUT2D eigenvalue weighted by Crippen LogP contribution is 2.38. The van der Waals surface area contributed by atoms with E-state index in [4.69, 9.17) is 55.2 Å². The number of carboxylic acid groups (broad SMARTS) is 2. The number of carbonyl (C=O) groups excluding carboxylic acids is 1. The van der Waals surface area contributed by atoms with Crippen LogP contribution in [0.3, 0.4) is 0 Å². The molecule has 5 N–H and O–H groups in total. The summed E-state index contributed by atoms with van der Waals surface area (Å²) in [6.07, 6.45) is 0. The Bertz CT molecular complexity index is 1260. The number of halogens is 5. The minimum atomic E-state index is -1.21. The number of rotatable bonds is 3. The molecule has 0 aliphatic carbocycles. The van der Waals surface area contributed by atoms with Gasteiger partial charge in [0.15, 0.2) is 5.78 Å². The SMILES string of the molecule is CC(=O)c1c(O)c(Cl)cc(Br)c1Cl.O=C(O)c1cc(Br)cc(Cl)c1O.O=C(O)c1ccccc1O. The van der Waals surface area contributed by atoms with E-state index in [9.17, 15) is 19.5 Å². The average Bonchev–Trinajstić information content (AvgIpc) is 2.75. The van der Waals surface area contributed by atoms with Crippen molar-refractivity contribution in [2.75, 3.05) is 0 Å². The van der Waals surface area contributed by atoms with Crippen LogP contribution in [0.5, 0.6) is 17.2 Å². The maximum absolute atomic E-state index is 11.1. The standard InChI is InChI=1S/C8H5BrCl2O2.C7H4BrClO3.C7H6O3/c1-3(12)6-7(11)4(9)2-5(10)8(6)13;8-3-1-4(7(11)12)6(10)5(9)2-3;8-6-4-2-1-3-5(6)7(9)10/h2,13H,1H3;1-2,10H,(H,11,12);1-4,8H,(H,9,10). The van der Waals surface area contributed by atoms with Crippen LogP contribution in [0.4, 0.5) is 0 Å². The predicted molar refractivity (Wildman–Crippen MR) is 139 cm³/mol. The number of carboxylic acids is 2. The lowest BCUT2D eigenvalue weighted by atomic mass is 10.1. The summed E-state index contributed by atoms with van der Waals surface area (Å²) in [6.45, 7) is 1.31. The molecule has 3 rings (SSSR count). The number of ketones is 1. The molecule has 3 aromatic rings. The molecule has 0 radical (unpaired) electrons. The minimum absolute atomic E-state index is 0.0155. The highest BCUT2D eigenvalue weighted by Gasteiger charge is 2.17. The second kappa shape index (κ2) is 13.6. The summed E-state index contributed by atoms with van der Waals surface area (Å²) in [4.78, 5) is 31.8. The Kier molecular flexibility index (Phi) is 11.8. The second-order valence-corrected chi connectivity index (χ2v) is 9.31. The summed E-state index contributed by atoms with van der Waals surface area (Å²) < 4.78 is 1.00. The summed E-state index contributed by atoms with van der Waals surface area (Å²) in [5, 5.41) is 44.7. The molecule has 0 saturated heterocycles. The van der Waals surface area contributed by atoms with E-state index in [-0.39, 0.29) is 49.0 Å². The average molecular weight is 674 g/mol. The Balaban J connectivity index is 0.000000265. The van der Waals surface area contributed by atoms with Gasteiger partial charge in [0.25, 0.3) is 0 Å². The lowest BCUT2D eigenvalue weighted by molar-refractivity contribution is 0.0682. The number of carbonyl (C=O) groups is 3.